The lowest BCUT2D eigenvalue weighted by Gasteiger charge is -2.10. The van der Waals surface area contributed by atoms with Crippen LogP contribution in [-0.2, 0) is 12.8 Å². The van der Waals surface area contributed by atoms with Crippen molar-refractivity contribution < 1.29 is 0 Å². The van der Waals surface area contributed by atoms with Crippen LogP contribution < -0.4 is 0 Å². The zero-order valence-electron chi connectivity index (χ0n) is 3.98. The molecule has 36 valence electrons. The van der Waals surface area contributed by atoms with Crippen LogP contribution in [0.5, 0.6) is 0 Å². The summed E-state index contributed by atoms with van der Waals surface area (Å²) in [7, 11) is 0. The fourth-order valence-electron chi connectivity index (χ4n) is 0.881. The lowest BCUT2D eigenvalue weighted by Crippen LogP contribution is -2.02. The van der Waals surface area contributed by atoms with E-state index in [9.17, 15) is 0 Å². The molecule has 1 aliphatic carbocycles. The Morgan fingerprint density at radius 2 is 1.71 bits per heavy atom. The minimum Gasteiger partial charge on any atom is -0.152 e. The predicted molar refractivity (Wildman–Crippen MR) is 31.7 cm³/mol. The van der Waals surface area contributed by atoms with Crippen molar-refractivity contribution in [2.45, 2.75) is 12.8 Å². The molecule has 0 fully saturated rings. The summed E-state index contributed by atoms with van der Waals surface area (Å²) in [4.78, 5) is 0. The molecule has 7 heavy (non-hydrogen) atoms. The van der Waals surface area contributed by atoms with Crippen LogP contribution in [0.1, 0.15) is 11.1 Å². The van der Waals surface area contributed by atoms with E-state index < -0.39 is 0 Å². The van der Waals surface area contributed by atoms with Crippen LogP contribution in [0.4, 0.5) is 0 Å². The largest absolute Gasteiger partial charge is 0.152 e. The van der Waals surface area contributed by atoms with E-state index in [4.69, 9.17) is 0 Å². The van der Waals surface area contributed by atoms with Gasteiger partial charge in [-0.1, -0.05) is 0 Å². The summed E-state index contributed by atoms with van der Waals surface area (Å²) < 4.78 is 0. The molecule has 0 atom stereocenters. The summed E-state index contributed by atoms with van der Waals surface area (Å²) in [6.45, 7) is 0. The molecule has 0 aromatic carbocycles. The van der Waals surface area contributed by atoms with Crippen LogP contribution in [0.3, 0.4) is 0 Å². The normalized spacial score (nSPS) is 15.4. The molecule has 0 unspecified atom stereocenters. The molecule has 1 aromatic heterocycles. The fourth-order valence-corrected chi connectivity index (χ4v) is 1.82. The second-order valence-electron chi connectivity index (χ2n) is 1.92. The predicted octanol–water partition coefficient (Wildman–Crippen LogP) is 1.85. The average Bonchev–Trinajstić information content (AvgIpc) is 1.85. The minimum atomic E-state index is 1.33. The van der Waals surface area contributed by atoms with Gasteiger partial charge >= 0.3 is 0 Å². The van der Waals surface area contributed by atoms with Gasteiger partial charge in [0.05, 0.1) is 0 Å². The van der Waals surface area contributed by atoms with Crippen molar-refractivity contribution in [3.63, 3.8) is 0 Å². The SMILES string of the molecule is c1scc2c1CC2. The number of aryl methyl sites for hydroxylation is 2. The topological polar surface area (TPSA) is 0 Å². The van der Waals surface area contributed by atoms with E-state index in [1.54, 1.807) is 11.1 Å². The molecule has 0 N–H and O–H groups in total. The van der Waals surface area contributed by atoms with Crippen molar-refractivity contribution in [2.24, 2.45) is 0 Å². The molecular formula is C6H6S. The number of hydrogen-bond acceptors (Lipinski definition) is 1. The molecule has 0 aliphatic heterocycles. The van der Waals surface area contributed by atoms with Crippen LogP contribution in [0.2, 0.25) is 0 Å². The van der Waals surface area contributed by atoms with Gasteiger partial charge in [0.25, 0.3) is 0 Å². The molecular weight excluding hydrogens is 104 g/mol. The van der Waals surface area contributed by atoms with Gasteiger partial charge in [0.1, 0.15) is 0 Å². The molecule has 0 spiro atoms. The maximum Gasteiger partial charge on any atom is -0.00583 e. The number of rotatable bonds is 0. The Labute approximate surface area is 46.8 Å². The first-order valence-corrected chi connectivity index (χ1v) is 3.45. The van der Waals surface area contributed by atoms with Crippen molar-refractivity contribution in [1.29, 1.82) is 0 Å². The van der Waals surface area contributed by atoms with Crippen molar-refractivity contribution >= 4 is 11.3 Å². The number of hydrogen-bond donors (Lipinski definition) is 0. The maximum absolute atomic E-state index is 2.25. The zero-order chi connectivity index (χ0) is 4.69. The Morgan fingerprint density at radius 1 is 1.14 bits per heavy atom. The lowest BCUT2D eigenvalue weighted by atomic mass is 9.94. The van der Waals surface area contributed by atoms with Gasteiger partial charge in [-0.3, -0.25) is 0 Å². The smallest absolute Gasteiger partial charge is 0.00583 e. The molecule has 1 aromatic rings. The third-order valence-corrected chi connectivity index (χ3v) is 2.34. The summed E-state index contributed by atoms with van der Waals surface area (Å²) in [5.41, 5.74) is 3.18. The maximum atomic E-state index is 2.25. The molecule has 0 bridgehead atoms. The molecule has 1 heterocycles. The summed E-state index contributed by atoms with van der Waals surface area (Å²) in [5.74, 6) is 0. The van der Waals surface area contributed by atoms with E-state index in [1.165, 1.54) is 12.8 Å². The zero-order valence-corrected chi connectivity index (χ0v) is 4.79. The second kappa shape index (κ2) is 1.10. The highest BCUT2D eigenvalue weighted by Gasteiger charge is 2.11. The first-order chi connectivity index (χ1) is 3.47. The standard InChI is InChI=1S/C6H6S/c1-2-6-4-7-3-5(1)6/h3-4H,1-2H2. The lowest BCUT2D eigenvalue weighted by molar-refractivity contribution is 0.853. The van der Waals surface area contributed by atoms with Gasteiger partial charge < -0.3 is 0 Å². The average molecular weight is 110 g/mol. The quantitative estimate of drug-likeness (QED) is 0.478. The highest BCUT2D eigenvalue weighted by Crippen LogP contribution is 2.25. The number of thiophene rings is 1. The van der Waals surface area contributed by atoms with Gasteiger partial charge in [-0.15, -0.1) is 0 Å². The monoisotopic (exact) mass is 110 g/mol. The van der Waals surface area contributed by atoms with E-state index in [-0.39, 0.29) is 0 Å². The molecule has 1 aliphatic rings. The Hall–Kier alpha value is -0.300. The molecule has 0 saturated carbocycles. The van der Waals surface area contributed by atoms with E-state index >= 15 is 0 Å². The van der Waals surface area contributed by atoms with Gasteiger partial charge in [0.2, 0.25) is 0 Å². The van der Waals surface area contributed by atoms with Crippen LogP contribution in [0.25, 0.3) is 0 Å². The van der Waals surface area contributed by atoms with Crippen molar-refractivity contribution in [2.75, 3.05) is 0 Å². The van der Waals surface area contributed by atoms with E-state index in [1.807, 2.05) is 11.3 Å². The first-order valence-electron chi connectivity index (χ1n) is 2.51. The highest BCUT2D eigenvalue weighted by atomic mass is 32.1. The molecule has 2 rings (SSSR count). The highest BCUT2D eigenvalue weighted by molar-refractivity contribution is 7.08. The summed E-state index contributed by atoms with van der Waals surface area (Å²) in [6.07, 6.45) is 2.66. The Bertz CT molecular complexity index is 158. The second-order valence-corrected chi connectivity index (χ2v) is 2.67. The third kappa shape index (κ3) is 0.361. The van der Waals surface area contributed by atoms with Gasteiger partial charge in [-0.05, 0) is 34.7 Å². The Kier molecular flexibility index (Phi) is 0.577. The van der Waals surface area contributed by atoms with Crippen LogP contribution in [0, 0.1) is 0 Å². The summed E-state index contributed by atoms with van der Waals surface area (Å²) in [5, 5.41) is 4.50. The number of fused-ring (bicyclic) bond motifs is 1. The van der Waals surface area contributed by atoms with E-state index in [2.05, 4.69) is 10.8 Å². The van der Waals surface area contributed by atoms with Crippen LogP contribution in [0.15, 0.2) is 10.8 Å². The van der Waals surface area contributed by atoms with Crippen molar-refractivity contribution in [3.05, 3.63) is 21.9 Å². The van der Waals surface area contributed by atoms with E-state index in [0.717, 1.165) is 0 Å². The molecule has 0 amide bonds. The molecule has 0 radical (unpaired) electrons. The van der Waals surface area contributed by atoms with Gasteiger partial charge in [-0.25, -0.2) is 0 Å². The van der Waals surface area contributed by atoms with Crippen LogP contribution >= 0.6 is 11.3 Å². The molecule has 0 saturated heterocycles. The third-order valence-electron chi connectivity index (χ3n) is 1.50. The molecule has 1 heteroatoms. The summed E-state index contributed by atoms with van der Waals surface area (Å²) >= 11 is 1.83. The Balaban J connectivity index is 2.69. The minimum absolute atomic E-state index is 1.33. The van der Waals surface area contributed by atoms with Crippen molar-refractivity contribution in [1.82, 2.24) is 0 Å². The van der Waals surface area contributed by atoms with Gasteiger partial charge in [0.15, 0.2) is 0 Å². The van der Waals surface area contributed by atoms with Gasteiger partial charge in [0, 0.05) is 0 Å². The summed E-state index contributed by atoms with van der Waals surface area (Å²) in [6, 6.07) is 0. The van der Waals surface area contributed by atoms with E-state index in [0.29, 0.717) is 0 Å². The van der Waals surface area contributed by atoms with Gasteiger partial charge in [-0.2, -0.15) is 11.3 Å². The Morgan fingerprint density at radius 3 is 2.00 bits per heavy atom. The van der Waals surface area contributed by atoms with Crippen molar-refractivity contribution in [3.8, 4) is 0 Å². The van der Waals surface area contributed by atoms with Crippen LogP contribution in [-0.4, -0.2) is 0 Å². The fraction of sp³-hybridized carbons (Fsp3) is 0.333. The first kappa shape index (κ1) is 3.67. The molecule has 0 nitrogen and oxygen atoms in total.